The van der Waals surface area contributed by atoms with Crippen LogP contribution in [0.25, 0.3) is 0 Å². The van der Waals surface area contributed by atoms with Crippen LogP contribution in [0.5, 0.6) is 0 Å². The first-order chi connectivity index (χ1) is 9.40. The summed E-state index contributed by atoms with van der Waals surface area (Å²) < 4.78 is 19.0. The van der Waals surface area contributed by atoms with E-state index in [-0.39, 0.29) is 11.1 Å². The summed E-state index contributed by atoms with van der Waals surface area (Å²) in [5.41, 5.74) is 1.39. The quantitative estimate of drug-likeness (QED) is 0.838. The Morgan fingerprint density at radius 2 is 2.05 bits per heavy atom. The summed E-state index contributed by atoms with van der Waals surface area (Å²) in [5.74, 6) is 0.884. The minimum Gasteiger partial charge on any atom is -0.444 e. The fourth-order valence-corrected chi connectivity index (χ4v) is 2.59. The Morgan fingerprint density at radius 3 is 2.65 bits per heavy atom. The van der Waals surface area contributed by atoms with Gasteiger partial charge in [-0.15, -0.1) is 0 Å². The zero-order valence-electron chi connectivity index (χ0n) is 11.4. The predicted molar refractivity (Wildman–Crippen MR) is 77.7 cm³/mol. The molecule has 0 aliphatic heterocycles. The van der Waals surface area contributed by atoms with E-state index in [1.807, 2.05) is 20.8 Å². The van der Waals surface area contributed by atoms with E-state index in [4.69, 9.17) is 27.6 Å². The maximum absolute atomic E-state index is 13.5. The van der Waals surface area contributed by atoms with Gasteiger partial charge in [0, 0.05) is 16.6 Å². The summed E-state index contributed by atoms with van der Waals surface area (Å²) in [7, 11) is 0. The lowest BCUT2D eigenvalue weighted by Crippen LogP contribution is -2.19. The standard InChI is InChI=1S/C14H15Cl2FN2O/c1-7-9(3)20-12(19-7)6-18-8(2)13-10(15)4-5-11(17)14(13)16/h4-5,8,18H,6H2,1-3H3. The number of halogens is 3. The average Bonchev–Trinajstić information content (AvgIpc) is 2.71. The van der Waals surface area contributed by atoms with E-state index in [1.54, 1.807) is 0 Å². The number of hydrogen-bond donors (Lipinski definition) is 1. The van der Waals surface area contributed by atoms with Crippen LogP contribution in [0.4, 0.5) is 4.39 Å². The van der Waals surface area contributed by atoms with E-state index in [2.05, 4.69) is 10.3 Å². The number of aromatic nitrogens is 1. The molecule has 0 amide bonds. The summed E-state index contributed by atoms with van der Waals surface area (Å²) >= 11 is 12.0. The fourth-order valence-electron chi connectivity index (χ4n) is 1.90. The molecule has 1 atom stereocenters. The van der Waals surface area contributed by atoms with Gasteiger partial charge in [-0.3, -0.25) is 0 Å². The Balaban J connectivity index is 2.12. The molecule has 108 valence electrons. The Labute approximate surface area is 127 Å². The van der Waals surface area contributed by atoms with Crippen LogP contribution in [-0.4, -0.2) is 4.98 Å². The van der Waals surface area contributed by atoms with Gasteiger partial charge in [0.2, 0.25) is 5.89 Å². The van der Waals surface area contributed by atoms with Crippen molar-refractivity contribution in [1.82, 2.24) is 10.3 Å². The maximum Gasteiger partial charge on any atom is 0.208 e. The molecule has 0 radical (unpaired) electrons. The molecule has 0 saturated heterocycles. The van der Waals surface area contributed by atoms with E-state index in [1.165, 1.54) is 12.1 Å². The predicted octanol–water partition coefficient (Wildman–Crippen LogP) is 4.59. The molecule has 2 rings (SSSR count). The molecule has 1 aromatic carbocycles. The number of nitrogens with zero attached hydrogens (tertiary/aromatic N) is 1. The van der Waals surface area contributed by atoms with Crippen LogP contribution >= 0.6 is 23.2 Å². The van der Waals surface area contributed by atoms with Crippen molar-refractivity contribution >= 4 is 23.2 Å². The fraction of sp³-hybridized carbons (Fsp3) is 0.357. The number of benzene rings is 1. The van der Waals surface area contributed by atoms with Crippen LogP contribution in [0.1, 0.15) is 35.9 Å². The van der Waals surface area contributed by atoms with Gasteiger partial charge in [-0.05, 0) is 32.9 Å². The van der Waals surface area contributed by atoms with Gasteiger partial charge in [-0.25, -0.2) is 9.37 Å². The van der Waals surface area contributed by atoms with Crippen molar-refractivity contribution in [2.75, 3.05) is 0 Å². The molecule has 0 fully saturated rings. The van der Waals surface area contributed by atoms with Crippen molar-refractivity contribution in [3.63, 3.8) is 0 Å². The highest BCUT2D eigenvalue weighted by molar-refractivity contribution is 6.36. The van der Waals surface area contributed by atoms with Crippen LogP contribution < -0.4 is 5.32 Å². The molecule has 1 heterocycles. The topological polar surface area (TPSA) is 38.1 Å². The van der Waals surface area contributed by atoms with Gasteiger partial charge >= 0.3 is 0 Å². The first-order valence-corrected chi connectivity index (χ1v) is 6.95. The monoisotopic (exact) mass is 316 g/mol. The highest BCUT2D eigenvalue weighted by Crippen LogP contribution is 2.32. The molecular formula is C14H15Cl2FN2O. The largest absolute Gasteiger partial charge is 0.444 e. The average molecular weight is 317 g/mol. The molecule has 1 N–H and O–H groups in total. The van der Waals surface area contributed by atoms with Gasteiger partial charge in [0.05, 0.1) is 17.3 Å². The zero-order chi connectivity index (χ0) is 14.9. The second-order valence-corrected chi connectivity index (χ2v) is 5.39. The molecule has 1 aromatic heterocycles. The van der Waals surface area contributed by atoms with E-state index >= 15 is 0 Å². The first-order valence-electron chi connectivity index (χ1n) is 6.19. The molecule has 0 aliphatic carbocycles. The number of oxazole rings is 1. The normalized spacial score (nSPS) is 12.7. The molecule has 0 bridgehead atoms. The molecular weight excluding hydrogens is 302 g/mol. The van der Waals surface area contributed by atoms with Crippen LogP contribution in [0.3, 0.4) is 0 Å². The number of aryl methyl sites for hydroxylation is 2. The number of hydrogen-bond acceptors (Lipinski definition) is 3. The zero-order valence-corrected chi connectivity index (χ0v) is 12.9. The lowest BCUT2D eigenvalue weighted by Gasteiger charge is -2.16. The number of nitrogens with one attached hydrogen (secondary N) is 1. The third-order valence-electron chi connectivity index (χ3n) is 3.14. The van der Waals surface area contributed by atoms with Crippen LogP contribution in [0, 0.1) is 19.7 Å². The Bertz CT molecular complexity index is 608. The first kappa shape index (κ1) is 15.3. The van der Waals surface area contributed by atoms with Gasteiger partial charge < -0.3 is 9.73 Å². The summed E-state index contributed by atoms with van der Waals surface area (Å²) in [4.78, 5) is 4.27. The smallest absolute Gasteiger partial charge is 0.208 e. The van der Waals surface area contributed by atoms with Crippen LogP contribution in [-0.2, 0) is 6.54 Å². The van der Waals surface area contributed by atoms with E-state index in [0.717, 1.165) is 11.5 Å². The second-order valence-electron chi connectivity index (χ2n) is 4.61. The third-order valence-corrected chi connectivity index (χ3v) is 3.86. The van der Waals surface area contributed by atoms with Crippen molar-refractivity contribution in [2.45, 2.75) is 33.4 Å². The summed E-state index contributed by atoms with van der Waals surface area (Å²) in [6, 6.07) is 2.52. The van der Waals surface area contributed by atoms with Crippen molar-refractivity contribution in [2.24, 2.45) is 0 Å². The van der Waals surface area contributed by atoms with Crippen LogP contribution in [0.2, 0.25) is 10.0 Å². The summed E-state index contributed by atoms with van der Waals surface area (Å²) in [6.45, 7) is 6.01. The van der Waals surface area contributed by atoms with Gasteiger partial charge in [0.25, 0.3) is 0 Å². The highest BCUT2D eigenvalue weighted by atomic mass is 35.5. The van der Waals surface area contributed by atoms with E-state index < -0.39 is 5.82 Å². The molecule has 0 spiro atoms. The van der Waals surface area contributed by atoms with Crippen molar-refractivity contribution in [3.05, 3.63) is 50.9 Å². The minimum absolute atomic E-state index is 0.0391. The van der Waals surface area contributed by atoms with E-state index in [0.29, 0.717) is 23.0 Å². The van der Waals surface area contributed by atoms with Gasteiger partial charge in [-0.2, -0.15) is 0 Å². The molecule has 2 aromatic rings. The molecule has 0 aliphatic rings. The Hall–Kier alpha value is -1.10. The van der Waals surface area contributed by atoms with Crippen LogP contribution in [0.15, 0.2) is 16.5 Å². The maximum atomic E-state index is 13.5. The van der Waals surface area contributed by atoms with Gasteiger partial charge in [0.1, 0.15) is 11.6 Å². The second kappa shape index (κ2) is 6.12. The third kappa shape index (κ3) is 3.14. The summed E-state index contributed by atoms with van der Waals surface area (Å²) in [5, 5.41) is 3.64. The van der Waals surface area contributed by atoms with Crippen molar-refractivity contribution in [3.8, 4) is 0 Å². The lowest BCUT2D eigenvalue weighted by atomic mass is 10.1. The Morgan fingerprint density at radius 1 is 1.35 bits per heavy atom. The Kier molecular flexibility index (Phi) is 4.68. The highest BCUT2D eigenvalue weighted by Gasteiger charge is 2.17. The molecule has 0 saturated carbocycles. The van der Waals surface area contributed by atoms with E-state index in [9.17, 15) is 4.39 Å². The SMILES string of the molecule is Cc1nc(CNC(C)c2c(Cl)ccc(F)c2Cl)oc1C. The van der Waals surface area contributed by atoms with Crippen molar-refractivity contribution < 1.29 is 8.81 Å². The number of rotatable bonds is 4. The lowest BCUT2D eigenvalue weighted by molar-refractivity contribution is 0.431. The minimum atomic E-state index is -0.484. The van der Waals surface area contributed by atoms with Gasteiger partial charge in [0.15, 0.2) is 0 Å². The molecule has 6 heteroatoms. The molecule has 3 nitrogen and oxygen atoms in total. The molecule has 20 heavy (non-hydrogen) atoms. The van der Waals surface area contributed by atoms with Crippen molar-refractivity contribution in [1.29, 1.82) is 0 Å². The van der Waals surface area contributed by atoms with Gasteiger partial charge in [-0.1, -0.05) is 23.2 Å². The summed E-state index contributed by atoms with van der Waals surface area (Å²) in [6.07, 6.45) is 0. The molecule has 1 unspecified atom stereocenters.